The molecule has 0 atom stereocenters. The number of carboxylic acids is 2. The third-order valence-electron chi connectivity index (χ3n) is 2.49. The number of phenolic OH excluding ortho intramolecular Hbond substituents is 2. The minimum atomic E-state index is -1.27. The normalized spacial score (nSPS) is 9.04. The molecule has 0 aliphatic carbocycles. The maximum absolute atomic E-state index is 10.3. The Morgan fingerprint density at radius 2 is 0.957 bits per heavy atom. The first-order valence-corrected chi connectivity index (χ1v) is 5.74. The van der Waals surface area contributed by atoms with E-state index < -0.39 is 34.9 Å². The molecule has 0 saturated carbocycles. The van der Waals surface area contributed by atoms with Gasteiger partial charge >= 0.3 is 11.9 Å². The van der Waals surface area contributed by atoms with E-state index in [1.54, 1.807) is 0 Å². The molecule has 2 aromatic carbocycles. The number of aromatic hydroxyl groups is 4. The van der Waals surface area contributed by atoms with Crippen molar-refractivity contribution < 1.29 is 57.0 Å². The van der Waals surface area contributed by atoms with Gasteiger partial charge in [0.2, 0.25) is 0 Å². The summed E-state index contributed by atoms with van der Waals surface area (Å²) in [6.07, 6.45) is 0. The Kier molecular flexibility index (Phi) is 7.43. The molecular weight excluding hydrogens is 355 g/mol. The van der Waals surface area contributed by atoms with E-state index >= 15 is 0 Å². The van der Waals surface area contributed by atoms with Crippen molar-refractivity contribution in [2.75, 3.05) is 0 Å². The zero-order valence-electron chi connectivity index (χ0n) is 11.3. The molecule has 8 nitrogen and oxygen atoms in total. The van der Waals surface area contributed by atoms with Crippen LogP contribution in [0.25, 0.3) is 0 Å². The Labute approximate surface area is 140 Å². The summed E-state index contributed by atoms with van der Waals surface area (Å²) in [5, 5.41) is 52.4. The average Bonchev–Trinajstić information content (AvgIpc) is 2.45. The van der Waals surface area contributed by atoms with Gasteiger partial charge in [0.1, 0.15) is 11.1 Å². The van der Waals surface area contributed by atoms with Gasteiger partial charge in [-0.25, -0.2) is 9.59 Å². The van der Waals surface area contributed by atoms with Crippen molar-refractivity contribution in [2.45, 2.75) is 0 Å². The fourth-order valence-corrected chi connectivity index (χ4v) is 1.41. The molecule has 2 rings (SSSR count). The standard InChI is InChI=1S/2C7H6O4.Co/c2*8-5-3-1-2-4(6(5)9)7(10)11;/h2*1-3,8-9H,(H,10,11);. The Hall–Kier alpha value is -2.91. The second-order valence-electron chi connectivity index (χ2n) is 3.96. The molecule has 0 spiro atoms. The third-order valence-corrected chi connectivity index (χ3v) is 2.49. The minimum absolute atomic E-state index is 0. The molecule has 0 saturated heterocycles. The van der Waals surface area contributed by atoms with Crippen molar-refractivity contribution in [3.8, 4) is 23.0 Å². The first kappa shape index (κ1) is 20.1. The van der Waals surface area contributed by atoms with Crippen LogP contribution in [-0.4, -0.2) is 42.6 Å². The molecule has 0 aromatic heterocycles. The predicted molar refractivity (Wildman–Crippen MR) is 73.5 cm³/mol. The minimum Gasteiger partial charge on any atom is -0.504 e. The SMILES string of the molecule is O=C(O)c1cccc(O)c1O.O=C(O)c1cccc(O)c1O.[Co]. The van der Waals surface area contributed by atoms with Crippen molar-refractivity contribution in [2.24, 2.45) is 0 Å². The Morgan fingerprint density at radius 3 is 1.17 bits per heavy atom. The second kappa shape index (κ2) is 8.51. The van der Waals surface area contributed by atoms with E-state index in [-0.39, 0.29) is 27.9 Å². The fraction of sp³-hybridized carbons (Fsp3) is 0. The summed E-state index contributed by atoms with van der Waals surface area (Å²) in [4.78, 5) is 20.6. The molecular formula is C14H12CoO8. The van der Waals surface area contributed by atoms with Crippen LogP contribution < -0.4 is 0 Å². The van der Waals surface area contributed by atoms with Gasteiger partial charge in [0.15, 0.2) is 23.0 Å². The van der Waals surface area contributed by atoms with Crippen molar-refractivity contribution >= 4 is 11.9 Å². The van der Waals surface area contributed by atoms with E-state index in [1.807, 2.05) is 0 Å². The predicted octanol–water partition coefficient (Wildman–Crippen LogP) is 1.59. The number of phenols is 4. The van der Waals surface area contributed by atoms with Gasteiger partial charge < -0.3 is 30.6 Å². The maximum Gasteiger partial charge on any atom is 0.339 e. The van der Waals surface area contributed by atoms with Crippen molar-refractivity contribution in [3.63, 3.8) is 0 Å². The van der Waals surface area contributed by atoms with E-state index in [2.05, 4.69) is 0 Å². The van der Waals surface area contributed by atoms with Crippen LogP contribution in [0, 0.1) is 0 Å². The summed E-state index contributed by atoms with van der Waals surface area (Å²) in [5.41, 5.74) is -0.602. The first-order valence-electron chi connectivity index (χ1n) is 5.74. The second-order valence-corrected chi connectivity index (χ2v) is 3.96. The van der Waals surface area contributed by atoms with Crippen LogP contribution in [-0.2, 0) is 16.8 Å². The number of carbonyl (C=O) groups is 2. The number of rotatable bonds is 2. The van der Waals surface area contributed by atoms with E-state index in [1.165, 1.54) is 36.4 Å². The van der Waals surface area contributed by atoms with Gasteiger partial charge in [-0.2, -0.15) is 0 Å². The van der Waals surface area contributed by atoms with E-state index in [9.17, 15) is 9.59 Å². The van der Waals surface area contributed by atoms with E-state index in [0.29, 0.717) is 0 Å². The number of hydrogen-bond donors (Lipinski definition) is 6. The molecule has 0 aliphatic rings. The van der Waals surface area contributed by atoms with Gasteiger partial charge in [-0.3, -0.25) is 0 Å². The van der Waals surface area contributed by atoms with Crippen LogP contribution in [0.3, 0.4) is 0 Å². The van der Waals surface area contributed by atoms with E-state index in [0.717, 1.165) is 0 Å². The number of hydrogen-bond acceptors (Lipinski definition) is 6. The average molecular weight is 367 g/mol. The summed E-state index contributed by atoms with van der Waals surface area (Å²) in [6.45, 7) is 0. The molecule has 0 aliphatic heterocycles. The molecule has 23 heavy (non-hydrogen) atoms. The summed E-state index contributed by atoms with van der Waals surface area (Å²) < 4.78 is 0. The molecule has 0 fully saturated rings. The van der Waals surface area contributed by atoms with Gasteiger partial charge in [-0.1, -0.05) is 12.1 Å². The number of benzene rings is 2. The van der Waals surface area contributed by atoms with Crippen molar-refractivity contribution in [3.05, 3.63) is 47.5 Å². The van der Waals surface area contributed by atoms with Crippen LogP contribution in [0.1, 0.15) is 20.7 Å². The van der Waals surface area contributed by atoms with Gasteiger partial charge in [0, 0.05) is 16.8 Å². The molecule has 0 amide bonds. The molecule has 9 heteroatoms. The van der Waals surface area contributed by atoms with Crippen LogP contribution in [0.2, 0.25) is 0 Å². The topological polar surface area (TPSA) is 156 Å². The van der Waals surface area contributed by atoms with Gasteiger partial charge in [0.25, 0.3) is 0 Å². The molecule has 6 N–H and O–H groups in total. The smallest absolute Gasteiger partial charge is 0.339 e. The van der Waals surface area contributed by atoms with Crippen LogP contribution in [0.15, 0.2) is 36.4 Å². The van der Waals surface area contributed by atoms with Crippen LogP contribution >= 0.6 is 0 Å². The number of para-hydroxylation sites is 2. The van der Waals surface area contributed by atoms with Crippen LogP contribution in [0.4, 0.5) is 0 Å². The van der Waals surface area contributed by atoms with Gasteiger partial charge in [-0.15, -0.1) is 0 Å². The van der Waals surface area contributed by atoms with Crippen molar-refractivity contribution in [1.82, 2.24) is 0 Å². The summed E-state index contributed by atoms with van der Waals surface area (Å²) >= 11 is 0. The van der Waals surface area contributed by atoms with E-state index in [4.69, 9.17) is 30.6 Å². The fourth-order valence-electron chi connectivity index (χ4n) is 1.41. The first-order chi connectivity index (χ1) is 10.3. The molecule has 0 bridgehead atoms. The Morgan fingerprint density at radius 1 is 0.652 bits per heavy atom. The Balaban J connectivity index is 0.000000403. The summed E-state index contributed by atoms with van der Waals surface area (Å²) in [7, 11) is 0. The molecule has 125 valence electrons. The molecule has 0 heterocycles. The Bertz CT molecular complexity index is 652. The van der Waals surface area contributed by atoms with Crippen LogP contribution in [0.5, 0.6) is 23.0 Å². The third kappa shape index (κ3) is 5.09. The monoisotopic (exact) mass is 367 g/mol. The van der Waals surface area contributed by atoms with Gasteiger partial charge in [-0.05, 0) is 24.3 Å². The number of aromatic carboxylic acids is 2. The molecule has 0 unspecified atom stereocenters. The summed E-state index contributed by atoms with van der Waals surface area (Å²) in [6, 6.07) is 7.52. The summed E-state index contributed by atoms with van der Waals surface area (Å²) in [5.74, 6) is -4.58. The molecule has 2 aromatic rings. The molecule has 1 radical (unpaired) electrons. The largest absolute Gasteiger partial charge is 0.504 e. The zero-order chi connectivity index (χ0) is 16.9. The van der Waals surface area contributed by atoms with Crippen molar-refractivity contribution in [1.29, 1.82) is 0 Å². The maximum atomic E-state index is 10.3. The quantitative estimate of drug-likeness (QED) is 0.437. The number of carboxylic acid groups (broad SMARTS) is 2. The van der Waals surface area contributed by atoms with Gasteiger partial charge in [0.05, 0.1) is 0 Å². The zero-order valence-corrected chi connectivity index (χ0v) is 12.3.